The lowest BCUT2D eigenvalue weighted by Gasteiger charge is -2.45. The average molecular weight is 695 g/mol. The fraction of sp³-hybridized carbons (Fsp3) is 0.444. The number of nitrogens with one attached hydrogen (secondary N) is 1. The molecule has 3 atom stereocenters. The van der Waals surface area contributed by atoms with Crippen LogP contribution in [0, 0.1) is 6.92 Å². The van der Waals surface area contributed by atoms with E-state index in [0.29, 0.717) is 31.2 Å². The van der Waals surface area contributed by atoms with Crippen LogP contribution in [0.25, 0.3) is 11.0 Å². The Morgan fingerprint density at radius 3 is 2.28 bits per heavy atom. The van der Waals surface area contributed by atoms with Crippen molar-refractivity contribution in [1.82, 2.24) is 24.1 Å². The van der Waals surface area contributed by atoms with Gasteiger partial charge >= 0.3 is 0 Å². The minimum atomic E-state index is -3.86. The molecule has 3 aromatic carbocycles. The lowest BCUT2D eigenvalue weighted by atomic mass is 9.70. The molecule has 0 saturated carbocycles. The van der Waals surface area contributed by atoms with Gasteiger partial charge in [-0.2, -0.15) is 0 Å². The highest BCUT2D eigenvalue weighted by molar-refractivity contribution is 7.89. The van der Waals surface area contributed by atoms with E-state index in [4.69, 9.17) is 28.2 Å². The van der Waals surface area contributed by atoms with Crippen LogP contribution in [-0.4, -0.2) is 72.4 Å². The molecular weight excluding hydrogens is 653 g/mol. The molecule has 2 bridgehead atoms. The van der Waals surface area contributed by atoms with Gasteiger partial charge in [-0.3, -0.25) is 9.69 Å². The van der Waals surface area contributed by atoms with Crippen molar-refractivity contribution in [3.8, 4) is 0 Å². The summed E-state index contributed by atoms with van der Waals surface area (Å²) in [5, 5.41) is 0.127. The molecule has 1 aromatic heterocycles. The number of piperidine rings is 2. The zero-order valence-electron chi connectivity index (χ0n) is 26.8. The molecular formula is C36H41Cl2N5O3S. The molecule has 11 heteroatoms. The zero-order chi connectivity index (χ0) is 32.9. The molecule has 0 aliphatic carbocycles. The second-order valence-electron chi connectivity index (χ2n) is 13.4. The van der Waals surface area contributed by atoms with Gasteiger partial charge in [-0.05, 0) is 101 Å². The molecule has 248 valence electrons. The Hall–Kier alpha value is -2.95. The number of para-hydroxylation sites is 2. The Balaban J connectivity index is 1.07. The lowest BCUT2D eigenvalue weighted by Crippen LogP contribution is -2.49. The number of halogens is 2. The normalized spacial score (nSPS) is 23.0. The van der Waals surface area contributed by atoms with Gasteiger partial charge < -0.3 is 9.47 Å². The number of aromatic nitrogens is 2. The van der Waals surface area contributed by atoms with E-state index in [0.717, 1.165) is 50.0 Å². The molecule has 3 aliphatic rings. The first kappa shape index (κ1) is 32.6. The second kappa shape index (κ2) is 12.8. The summed E-state index contributed by atoms with van der Waals surface area (Å²) in [6, 6.07) is 23.5. The number of likely N-dealkylation sites (tertiary alicyclic amines) is 1. The molecule has 8 nitrogen and oxygen atoms in total. The summed E-state index contributed by atoms with van der Waals surface area (Å²) in [5.74, 6) is 0.830. The summed E-state index contributed by atoms with van der Waals surface area (Å²) in [4.78, 5) is 23.0. The van der Waals surface area contributed by atoms with E-state index in [9.17, 15) is 13.2 Å². The number of benzene rings is 3. The third-order valence-corrected chi connectivity index (χ3v) is 13.2. The number of hydrogen-bond acceptors (Lipinski definition) is 5. The summed E-state index contributed by atoms with van der Waals surface area (Å²) >= 11 is 12.7. The van der Waals surface area contributed by atoms with E-state index in [1.807, 2.05) is 0 Å². The minimum Gasteiger partial charge on any atom is -0.339 e. The molecule has 3 aliphatic heterocycles. The maximum Gasteiger partial charge on any atom is 0.255 e. The Morgan fingerprint density at radius 1 is 0.936 bits per heavy atom. The smallest absolute Gasteiger partial charge is 0.255 e. The van der Waals surface area contributed by atoms with Gasteiger partial charge in [-0.25, -0.2) is 18.1 Å². The molecule has 1 amide bonds. The van der Waals surface area contributed by atoms with Gasteiger partial charge in [0.1, 0.15) is 10.7 Å². The van der Waals surface area contributed by atoms with Crippen molar-refractivity contribution in [3.63, 3.8) is 0 Å². The fourth-order valence-electron chi connectivity index (χ4n) is 8.58. The van der Waals surface area contributed by atoms with Crippen LogP contribution in [0.3, 0.4) is 0 Å². The molecule has 3 saturated heterocycles. The number of sulfonamides is 1. The molecule has 0 radical (unpaired) electrons. The van der Waals surface area contributed by atoms with Crippen molar-refractivity contribution < 1.29 is 13.2 Å². The summed E-state index contributed by atoms with van der Waals surface area (Å²) in [6.07, 6.45) is 7.43. The van der Waals surface area contributed by atoms with Crippen LogP contribution in [0.1, 0.15) is 72.7 Å². The number of nitrogens with zero attached hydrogens (tertiary/aromatic N) is 4. The molecule has 1 N–H and O–H groups in total. The number of aryl methyl sites for hydroxylation is 1. The maximum absolute atomic E-state index is 13.7. The number of hydrogen-bond donors (Lipinski definition) is 1. The largest absolute Gasteiger partial charge is 0.339 e. The number of carbonyl (C=O) groups excluding carboxylic acids is 1. The monoisotopic (exact) mass is 693 g/mol. The van der Waals surface area contributed by atoms with Crippen LogP contribution in [0.5, 0.6) is 0 Å². The van der Waals surface area contributed by atoms with Crippen LogP contribution in [0.4, 0.5) is 0 Å². The van der Waals surface area contributed by atoms with Crippen molar-refractivity contribution in [1.29, 1.82) is 0 Å². The van der Waals surface area contributed by atoms with Gasteiger partial charge in [0.25, 0.3) is 5.91 Å². The van der Waals surface area contributed by atoms with Crippen LogP contribution in [-0.2, 0) is 15.4 Å². The molecule has 0 spiro atoms. The Labute approximate surface area is 287 Å². The third-order valence-electron chi connectivity index (χ3n) is 11.0. The standard InChI is InChI=1S/C36H41Cl2N5O3S/c1-24-40-32-10-6-7-11-33(32)43(24)28-20-26-12-13-27(21-28)42(26)19-16-36(25-8-4-3-5-9-25)14-17-41(18-15-36)35(44)29-22-34(47(45,46)39-2)31(38)23-30(29)37/h3-11,22-23,26-28,39H,12-21H2,1-2H3/t26-,27+,28?. The molecule has 7 rings (SSSR count). The summed E-state index contributed by atoms with van der Waals surface area (Å²) in [5.41, 5.74) is 3.73. The van der Waals surface area contributed by atoms with Crippen molar-refractivity contribution in [3.05, 3.63) is 93.7 Å². The quantitative estimate of drug-likeness (QED) is 0.215. The first-order valence-electron chi connectivity index (χ1n) is 16.6. The maximum atomic E-state index is 13.7. The van der Waals surface area contributed by atoms with Crippen LogP contribution in [0.15, 0.2) is 71.6 Å². The van der Waals surface area contributed by atoms with Gasteiger partial charge in [0.2, 0.25) is 10.0 Å². The summed E-state index contributed by atoms with van der Waals surface area (Å²) < 4.78 is 29.9. The summed E-state index contributed by atoms with van der Waals surface area (Å²) in [7, 11) is -2.55. The number of rotatable bonds is 8. The zero-order valence-corrected chi connectivity index (χ0v) is 29.2. The van der Waals surface area contributed by atoms with Crippen LogP contribution < -0.4 is 4.72 Å². The van der Waals surface area contributed by atoms with E-state index in [1.165, 1.54) is 43.1 Å². The van der Waals surface area contributed by atoms with Crippen molar-refractivity contribution >= 4 is 50.2 Å². The number of amides is 1. The van der Waals surface area contributed by atoms with E-state index in [2.05, 4.69) is 75.7 Å². The van der Waals surface area contributed by atoms with Crippen LogP contribution >= 0.6 is 23.2 Å². The van der Waals surface area contributed by atoms with Crippen molar-refractivity contribution in [2.45, 2.75) is 80.3 Å². The first-order valence-corrected chi connectivity index (χ1v) is 18.8. The van der Waals surface area contributed by atoms with Gasteiger partial charge in [0.15, 0.2) is 0 Å². The van der Waals surface area contributed by atoms with E-state index < -0.39 is 10.0 Å². The Bertz CT molecular complexity index is 1890. The van der Waals surface area contributed by atoms with E-state index in [-0.39, 0.29) is 31.8 Å². The highest BCUT2D eigenvalue weighted by Crippen LogP contribution is 2.45. The first-order chi connectivity index (χ1) is 22.6. The number of imidazole rings is 1. The van der Waals surface area contributed by atoms with Crippen molar-refractivity contribution in [2.24, 2.45) is 0 Å². The topological polar surface area (TPSA) is 87.5 Å². The van der Waals surface area contributed by atoms with Gasteiger partial charge in [0, 0.05) is 31.2 Å². The molecule has 4 heterocycles. The third kappa shape index (κ3) is 5.99. The van der Waals surface area contributed by atoms with Gasteiger partial charge in [0.05, 0.1) is 26.6 Å². The molecule has 47 heavy (non-hydrogen) atoms. The Kier molecular flexibility index (Phi) is 8.89. The second-order valence-corrected chi connectivity index (χ2v) is 16.1. The minimum absolute atomic E-state index is 0.0193. The number of fused-ring (bicyclic) bond motifs is 3. The number of carbonyl (C=O) groups is 1. The van der Waals surface area contributed by atoms with Crippen LogP contribution in [0.2, 0.25) is 10.0 Å². The lowest BCUT2D eigenvalue weighted by molar-refractivity contribution is 0.0607. The van der Waals surface area contributed by atoms with Crippen molar-refractivity contribution in [2.75, 3.05) is 26.7 Å². The predicted molar refractivity (Wildman–Crippen MR) is 187 cm³/mol. The van der Waals surface area contributed by atoms with Gasteiger partial charge in [-0.1, -0.05) is 65.7 Å². The predicted octanol–water partition coefficient (Wildman–Crippen LogP) is 6.99. The SMILES string of the molecule is CNS(=O)(=O)c1cc(C(=O)N2CCC(CCN3[C@@H]4CC[C@H]3CC(n3c(C)nc5ccccc53)C4)(c3ccccc3)CC2)c(Cl)cc1Cl. The van der Waals surface area contributed by atoms with E-state index in [1.54, 1.807) is 4.90 Å². The highest BCUT2D eigenvalue weighted by Gasteiger charge is 2.44. The van der Waals surface area contributed by atoms with E-state index >= 15 is 0 Å². The fourth-order valence-corrected chi connectivity index (χ4v) is 10.2. The molecule has 4 aromatic rings. The molecule has 3 fully saturated rings. The average Bonchev–Trinajstić information content (AvgIpc) is 3.54. The highest BCUT2D eigenvalue weighted by atomic mass is 35.5. The van der Waals surface area contributed by atoms with Gasteiger partial charge in [-0.15, -0.1) is 0 Å². The molecule has 1 unspecified atom stereocenters. The Morgan fingerprint density at radius 2 is 1.60 bits per heavy atom. The summed E-state index contributed by atoms with van der Waals surface area (Å²) in [6.45, 7) is 4.29.